The lowest BCUT2D eigenvalue weighted by Gasteiger charge is -2.23. The quantitative estimate of drug-likeness (QED) is 0.384. The highest BCUT2D eigenvalue weighted by Gasteiger charge is 2.23. The molecule has 0 saturated heterocycles. The summed E-state index contributed by atoms with van der Waals surface area (Å²) < 4.78 is 16.0. The van der Waals surface area contributed by atoms with Gasteiger partial charge >= 0.3 is 0 Å². The Kier molecular flexibility index (Phi) is 7.17. The average Bonchev–Trinajstić information content (AvgIpc) is 3.10. The number of carbonyl (C=O) groups is 1. The highest BCUT2D eigenvalue weighted by atomic mass is 32.2. The molecule has 29 heavy (non-hydrogen) atoms. The van der Waals surface area contributed by atoms with Gasteiger partial charge in [0, 0.05) is 0 Å². The van der Waals surface area contributed by atoms with Crippen molar-refractivity contribution in [3.05, 3.63) is 77.4 Å². The van der Waals surface area contributed by atoms with Crippen molar-refractivity contribution < 1.29 is 9.18 Å². The molecule has 0 spiro atoms. The van der Waals surface area contributed by atoms with Gasteiger partial charge in [0.15, 0.2) is 16.8 Å². The van der Waals surface area contributed by atoms with Crippen LogP contribution in [-0.4, -0.2) is 45.3 Å². The van der Waals surface area contributed by atoms with Gasteiger partial charge in [-0.15, -0.1) is 10.2 Å². The molecule has 3 aromatic rings. The van der Waals surface area contributed by atoms with E-state index >= 15 is 0 Å². The molecule has 152 valence electrons. The Hall–Kier alpha value is -2.51. The van der Waals surface area contributed by atoms with Crippen molar-refractivity contribution in [2.45, 2.75) is 31.1 Å². The van der Waals surface area contributed by atoms with Crippen LogP contribution in [0.1, 0.15) is 41.1 Å². The zero-order valence-electron chi connectivity index (χ0n) is 16.9. The van der Waals surface area contributed by atoms with Gasteiger partial charge in [-0.1, -0.05) is 61.2 Å². The highest BCUT2D eigenvalue weighted by Crippen LogP contribution is 2.27. The molecule has 7 heteroatoms. The average molecular weight is 413 g/mol. The van der Waals surface area contributed by atoms with Crippen LogP contribution in [-0.2, 0) is 6.54 Å². The van der Waals surface area contributed by atoms with Gasteiger partial charge in [0.1, 0.15) is 5.82 Å². The Morgan fingerprint density at radius 3 is 2.45 bits per heavy atom. The third-order valence-corrected chi connectivity index (χ3v) is 5.71. The molecule has 0 unspecified atom stereocenters. The summed E-state index contributed by atoms with van der Waals surface area (Å²) in [5, 5.41) is 9.45. The monoisotopic (exact) mass is 412 g/mol. The fourth-order valence-corrected chi connectivity index (χ4v) is 4.07. The summed E-state index contributed by atoms with van der Waals surface area (Å²) in [7, 11) is 4.04. The minimum absolute atomic E-state index is 0.104. The highest BCUT2D eigenvalue weighted by molar-refractivity contribution is 7.99. The molecular weight excluding hydrogens is 387 g/mol. The van der Waals surface area contributed by atoms with Crippen LogP contribution >= 0.6 is 11.8 Å². The molecule has 0 radical (unpaired) electrons. The molecule has 5 nitrogen and oxygen atoms in total. The minimum Gasteiger partial charge on any atom is -0.300 e. The number of aromatic nitrogens is 3. The standard InChI is InChI=1S/C22H25FN4OS/c1-4-19(26(2)3)21-24-25-22(27(21)14-16-10-6-5-7-11-16)29-15-20(28)17-12-8-9-13-18(17)23/h5-13,19H,4,14-15H2,1-3H3/t19-/m1/s1. The fraction of sp³-hybridized carbons (Fsp3) is 0.318. The van der Waals surface area contributed by atoms with Gasteiger partial charge in [-0.25, -0.2) is 4.39 Å². The van der Waals surface area contributed by atoms with Crippen LogP contribution in [0.4, 0.5) is 4.39 Å². The van der Waals surface area contributed by atoms with Crippen LogP contribution in [0, 0.1) is 5.82 Å². The maximum Gasteiger partial charge on any atom is 0.192 e. The molecule has 0 amide bonds. The Morgan fingerprint density at radius 1 is 1.10 bits per heavy atom. The van der Waals surface area contributed by atoms with Crippen LogP contribution < -0.4 is 0 Å². The number of nitrogens with zero attached hydrogens (tertiary/aromatic N) is 4. The second kappa shape index (κ2) is 9.80. The van der Waals surface area contributed by atoms with Crippen LogP contribution in [0.25, 0.3) is 0 Å². The number of hydrogen-bond acceptors (Lipinski definition) is 5. The van der Waals surface area contributed by atoms with Crippen LogP contribution in [0.5, 0.6) is 0 Å². The SMILES string of the molecule is CC[C@H](c1nnc(SCC(=O)c2ccccc2F)n1Cc1ccccc1)N(C)C. The Balaban J connectivity index is 1.86. The van der Waals surface area contributed by atoms with Gasteiger partial charge in [0.25, 0.3) is 0 Å². The molecular formula is C22H25FN4OS. The van der Waals surface area contributed by atoms with E-state index in [9.17, 15) is 9.18 Å². The van der Waals surface area contributed by atoms with Gasteiger partial charge in [0.05, 0.1) is 23.9 Å². The van der Waals surface area contributed by atoms with Crippen molar-refractivity contribution in [3.8, 4) is 0 Å². The molecule has 0 fully saturated rings. The van der Waals surface area contributed by atoms with Crippen molar-refractivity contribution in [2.75, 3.05) is 19.8 Å². The van der Waals surface area contributed by atoms with Crippen molar-refractivity contribution in [1.29, 1.82) is 0 Å². The Labute approximate surface area is 175 Å². The summed E-state index contributed by atoms with van der Waals surface area (Å²) in [5.41, 5.74) is 1.23. The van der Waals surface area contributed by atoms with Gasteiger partial charge in [-0.2, -0.15) is 0 Å². The number of rotatable bonds is 9. The summed E-state index contributed by atoms with van der Waals surface area (Å²) in [5.74, 6) is 0.209. The lowest BCUT2D eigenvalue weighted by atomic mass is 10.1. The molecule has 1 aromatic heterocycles. The summed E-state index contributed by atoms with van der Waals surface area (Å²) in [6.45, 7) is 2.73. The maximum absolute atomic E-state index is 13.9. The molecule has 0 saturated carbocycles. The van der Waals surface area contributed by atoms with Crippen LogP contribution in [0.15, 0.2) is 59.8 Å². The number of halogens is 1. The van der Waals surface area contributed by atoms with E-state index < -0.39 is 5.82 Å². The van der Waals surface area contributed by atoms with Crippen molar-refractivity contribution in [1.82, 2.24) is 19.7 Å². The van der Waals surface area contributed by atoms with E-state index in [-0.39, 0.29) is 23.1 Å². The summed E-state index contributed by atoms with van der Waals surface area (Å²) in [6, 6.07) is 16.3. The zero-order valence-corrected chi connectivity index (χ0v) is 17.7. The van der Waals surface area contributed by atoms with Crippen LogP contribution in [0.3, 0.4) is 0 Å². The number of thioether (sulfide) groups is 1. The Bertz CT molecular complexity index is 958. The number of hydrogen-bond donors (Lipinski definition) is 0. The smallest absolute Gasteiger partial charge is 0.192 e. The minimum atomic E-state index is -0.497. The van der Waals surface area contributed by atoms with E-state index in [1.807, 2.05) is 32.3 Å². The summed E-state index contributed by atoms with van der Waals surface area (Å²) in [6.07, 6.45) is 0.888. The van der Waals surface area contributed by atoms with E-state index in [2.05, 4.69) is 38.7 Å². The number of benzene rings is 2. The van der Waals surface area contributed by atoms with E-state index in [1.54, 1.807) is 12.1 Å². The topological polar surface area (TPSA) is 51.0 Å². The van der Waals surface area contributed by atoms with Gasteiger partial charge in [-0.3, -0.25) is 9.69 Å². The van der Waals surface area contributed by atoms with E-state index in [0.717, 1.165) is 17.8 Å². The summed E-state index contributed by atoms with van der Waals surface area (Å²) in [4.78, 5) is 14.6. The third-order valence-electron chi connectivity index (χ3n) is 4.74. The first-order chi connectivity index (χ1) is 14.0. The predicted octanol–water partition coefficient (Wildman–Crippen LogP) is 4.45. The van der Waals surface area contributed by atoms with Gasteiger partial charge in [0.2, 0.25) is 0 Å². The first kappa shape index (κ1) is 21.2. The van der Waals surface area contributed by atoms with Gasteiger partial charge in [-0.05, 0) is 38.2 Å². The normalized spacial score (nSPS) is 12.3. The molecule has 0 N–H and O–H groups in total. The molecule has 3 rings (SSSR count). The second-order valence-electron chi connectivity index (χ2n) is 6.99. The molecule has 0 bridgehead atoms. The van der Waals surface area contributed by atoms with E-state index in [0.29, 0.717) is 11.7 Å². The molecule has 1 atom stereocenters. The number of ketones is 1. The second-order valence-corrected chi connectivity index (χ2v) is 7.93. The molecule has 0 aliphatic heterocycles. The lowest BCUT2D eigenvalue weighted by Crippen LogP contribution is -2.23. The fourth-order valence-electron chi connectivity index (χ4n) is 3.24. The largest absolute Gasteiger partial charge is 0.300 e. The van der Waals surface area contributed by atoms with Crippen molar-refractivity contribution >= 4 is 17.5 Å². The van der Waals surface area contributed by atoms with Gasteiger partial charge < -0.3 is 4.57 Å². The van der Waals surface area contributed by atoms with E-state index in [4.69, 9.17) is 0 Å². The van der Waals surface area contributed by atoms with Crippen molar-refractivity contribution in [2.24, 2.45) is 0 Å². The molecule has 0 aliphatic carbocycles. The maximum atomic E-state index is 13.9. The van der Waals surface area contributed by atoms with E-state index in [1.165, 1.54) is 23.9 Å². The molecule has 2 aromatic carbocycles. The Morgan fingerprint density at radius 2 is 1.79 bits per heavy atom. The molecule has 1 heterocycles. The predicted molar refractivity (Wildman–Crippen MR) is 114 cm³/mol. The van der Waals surface area contributed by atoms with Crippen molar-refractivity contribution in [3.63, 3.8) is 0 Å². The zero-order chi connectivity index (χ0) is 20.8. The lowest BCUT2D eigenvalue weighted by molar-refractivity contribution is 0.101. The summed E-state index contributed by atoms with van der Waals surface area (Å²) >= 11 is 1.29. The molecule has 0 aliphatic rings. The first-order valence-electron chi connectivity index (χ1n) is 9.55. The van der Waals surface area contributed by atoms with Crippen LogP contribution in [0.2, 0.25) is 0 Å². The number of Topliss-reactive ketones (excluding diaryl/α,β-unsaturated/α-hetero) is 1. The number of carbonyl (C=O) groups excluding carboxylic acids is 1. The first-order valence-corrected chi connectivity index (χ1v) is 10.5. The third kappa shape index (κ3) is 5.10.